The van der Waals surface area contributed by atoms with E-state index in [1.54, 1.807) is 0 Å². The second kappa shape index (κ2) is 51.6. The number of carboxylic acids is 3. The van der Waals surface area contributed by atoms with Gasteiger partial charge in [-0.05, 0) is 38.5 Å². The van der Waals surface area contributed by atoms with Crippen molar-refractivity contribution in [2.75, 3.05) is 0 Å². The molecule has 0 amide bonds. The number of carbonyl (C=O) groups excluding carboxylic acids is 3. The van der Waals surface area contributed by atoms with E-state index in [0.717, 1.165) is 38.5 Å². The van der Waals surface area contributed by atoms with Crippen LogP contribution in [-0.4, -0.2) is 43.8 Å². The molecule has 0 heterocycles. The van der Waals surface area contributed by atoms with Crippen molar-refractivity contribution < 1.29 is 29.7 Å². The van der Waals surface area contributed by atoms with Crippen molar-refractivity contribution in [3.05, 3.63) is 0 Å². The first-order chi connectivity index (χ1) is 23.3. The van der Waals surface area contributed by atoms with E-state index in [1.165, 1.54) is 173 Å². The second-order valence-electron chi connectivity index (χ2n) is 14.0. The molecule has 0 N–H and O–H groups in total. The minimum Gasteiger partial charge on any atom is -0.550 e. The molecule has 49 heavy (non-hydrogen) atoms. The normalized spacial score (nSPS) is 10.3. The van der Waals surface area contributed by atoms with Gasteiger partial charge in [0.05, 0.1) is 0 Å². The molecular formula is C42H81InO6. The molecule has 0 aliphatic carbocycles. The van der Waals surface area contributed by atoms with E-state index in [9.17, 15) is 29.7 Å². The van der Waals surface area contributed by atoms with Gasteiger partial charge in [0.2, 0.25) is 0 Å². The monoisotopic (exact) mass is 797 g/mol. The standard InChI is InChI=1S/3C14H28O2.In/c3*1-2-3-4-5-6-7-8-9-10-11-12-13-14(15)16;/h3*2-13H2,1H3,(H,15,16);/q;;;+3/p-3. The number of carbonyl (C=O) groups is 3. The number of carboxylic acid groups (broad SMARTS) is 3. The number of hydrogen-bond donors (Lipinski definition) is 0. The summed E-state index contributed by atoms with van der Waals surface area (Å²) in [7, 11) is 0. The van der Waals surface area contributed by atoms with Crippen molar-refractivity contribution in [2.24, 2.45) is 0 Å². The molecule has 0 aromatic rings. The third-order valence-corrected chi connectivity index (χ3v) is 8.95. The van der Waals surface area contributed by atoms with Crippen LogP contribution >= 0.6 is 0 Å². The van der Waals surface area contributed by atoms with Gasteiger partial charge in [-0.3, -0.25) is 0 Å². The molecule has 6 nitrogen and oxygen atoms in total. The Labute approximate surface area is 323 Å². The summed E-state index contributed by atoms with van der Waals surface area (Å²) < 4.78 is 0. The van der Waals surface area contributed by atoms with Crippen LogP contribution in [0.4, 0.5) is 0 Å². The Morgan fingerprint density at radius 2 is 0.388 bits per heavy atom. The van der Waals surface area contributed by atoms with Crippen molar-refractivity contribution in [3.8, 4) is 0 Å². The summed E-state index contributed by atoms with van der Waals surface area (Å²) in [6.45, 7) is 6.73. The van der Waals surface area contributed by atoms with Crippen molar-refractivity contribution >= 4 is 43.8 Å². The van der Waals surface area contributed by atoms with Crippen LogP contribution < -0.4 is 15.3 Å². The first-order valence-corrected chi connectivity index (χ1v) is 20.9. The molecule has 0 aliphatic rings. The second-order valence-corrected chi connectivity index (χ2v) is 14.0. The molecule has 0 aromatic heterocycles. The zero-order valence-corrected chi connectivity index (χ0v) is 36.3. The summed E-state index contributed by atoms with van der Waals surface area (Å²) in [5.74, 6) is -2.72. The van der Waals surface area contributed by atoms with Gasteiger partial charge in [-0.15, -0.1) is 0 Å². The summed E-state index contributed by atoms with van der Waals surface area (Å²) in [4.78, 5) is 30.4. The van der Waals surface area contributed by atoms with Gasteiger partial charge in [0, 0.05) is 17.9 Å². The molecule has 7 heteroatoms. The van der Waals surface area contributed by atoms with E-state index in [-0.39, 0.29) is 45.1 Å². The molecule has 0 rings (SSSR count). The van der Waals surface area contributed by atoms with E-state index >= 15 is 0 Å². The number of rotatable bonds is 36. The maximum absolute atomic E-state index is 10.1. The Morgan fingerprint density at radius 1 is 0.265 bits per heavy atom. The minimum absolute atomic E-state index is 0. The molecule has 0 aromatic carbocycles. The molecule has 0 atom stereocenters. The van der Waals surface area contributed by atoms with Crippen molar-refractivity contribution in [2.45, 2.75) is 252 Å². The van der Waals surface area contributed by atoms with Gasteiger partial charge in [-0.2, -0.15) is 0 Å². The van der Waals surface area contributed by atoms with Crippen molar-refractivity contribution in [1.29, 1.82) is 0 Å². The zero-order chi connectivity index (χ0) is 36.2. The van der Waals surface area contributed by atoms with E-state index in [2.05, 4.69) is 20.8 Å². The average molecular weight is 797 g/mol. The Morgan fingerprint density at radius 3 is 0.510 bits per heavy atom. The molecule has 0 aliphatic heterocycles. The molecule has 0 spiro atoms. The molecule has 0 unspecified atom stereocenters. The third-order valence-electron chi connectivity index (χ3n) is 8.95. The maximum Gasteiger partial charge on any atom is 3.00 e. The fraction of sp³-hybridized carbons (Fsp3) is 0.929. The Balaban J connectivity index is -0.000000307. The van der Waals surface area contributed by atoms with Crippen LogP contribution in [0.25, 0.3) is 0 Å². The first kappa shape index (κ1) is 55.0. The van der Waals surface area contributed by atoms with E-state index < -0.39 is 17.9 Å². The molecule has 0 bridgehead atoms. The molecular weight excluding hydrogens is 715 g/mol. The Bertz CT molecular complexity index is 557. The zero-order valence-electron chi connectivity index (χ0n) is 33.0. The Hall–Kier alpha value is -0.720. The van der Waals surface area contributed by atoms with Crippen LogP contribution in [0.1, 0.15) is 252 Å². The largest absolute Gasteiger partial charge is 3.00 e. The SMILES string of the molecule is CCCCCCCCCCCCCC(=O)[O-].CCCCCCCCCCCCCC(=O)[O-].CCCCCCCCCCCCCC(=O)[O-].[In+3]. The number of unbranched alkanes of at least 4 members (excludes halogenated alkanes) is 30. The van der Waals surface area contributed by atoms with Gasteiger partial charge in [0.1, 0.15) is 0 Å². The first-order valence-electron chi connectivity index (χ1n) is 20.9. The molecule has 0 fully saturated rings. The van der Waals surface area contributed by atoms with Crippen LogP contribution in [0.2, 0.25) is 0 Å². The molecule has 0 saturated carbocycles. The topological polar surface area (TPSA) is 120 Å². The predicted molar refractivity (Wildman–Crippen MR) is 204 cm³/mol. The summed E-state index contributed by atoms with van der Waals surface area (Å²) in [5.41, 5.74) is 0. The number of hydrogen-bond acceptors (Lipinski definition) is 6. The predicted octanol–water partition coefficient (Wildman–Crippen LogP) is 9.93. The summed E-state index contributed by atoms with van der Waals surface area (Å²) in [6.07, 6.45) is 42.1. The van der Waals surface area contributed by atoms with Crippen LogP contribution in [0, 0.1) is 0 Å². The Kier molecular flexibility index (Phi) is 58.0. The van der Waals surface area contributed by atoms with Crippen molar-refractivity contribution in [1.82, 2.24) is 0 Å². The van der Waals surface area contributed by atoms with Gasteiger partial charge in [0.25, 0.3) is 0 Å². The van der Waals surface area contributed by atoms with E-state index in [4.69, 9.17) is 0 Å². The fourth-order valence-corrected chi connectivity index (χ4v) is 5.80. The van der Waals surface area contributed by atoms with Crippen molar-refractivity contribution in [3.63, 3.8) is 0 Å². The molecule has 0 saturated heterocycles. The summed E-state index contributed by atoms with van der Waals surface area (Å²) in [6, 6.07) is 0. The number of aliphatic carboxylic acids is 3. The average Bonchev–Trinajstić information content (AvgIpc) is 3.05. The van der Waals surface area contributed by atoms with Crippen LogP contribution in [0.5, 0.6) is 0 Å². The maximum atomic E-state index is 10.1. The van der Waals surface area contributed by atoms with Gasteiger partial charge < -0.3 is 29.7 Å². The van der Waals surface area contributed by atoms with Crippen LogP contribution in [-0.2, 0) is 14.4 Å². The minimum atomic E-state index is -0.907. The quantitative estimate of drug-likeness (QED) is 0.0583. The third kappa shape index (κ3) is 66.2. The van der Waals surface area contributed by atoms with Gasteiger partial charge in [-0.25, -0.2) is 0 Å². The van der Waals surface area contributed by atoms with E-state index in [1.807, 2.05) is 0 Å². The molecule has 0 radical (unpaired) electrons. The smallest absolute Gasteiger partial charge is 0.550 e. The fourth-order valence-electron chi connectivity index (χ4n) is 5.80. The van der Waals surface area contributed by atoms with Gasteiger partial charge in [-0.1, -0.05) is 213 Å². The van der Waals surface area contributed by atoms with Crippen LogP contribution in [0.15, 0.2) is 0 Å². The summed E-state index contributed by atoms with van der Waals surface area (Å²) >= 11 is 0. The molecule has 288 valence electrons. The van der Waals surface area contributed by atoms with E-state index in [0.29, 0.717) is 0 Å². The van der Waals surface area contributed by atoms with Gasteiger partial charge in [0.15, 0.2) is 0 Å². The summed E-state index contributed by atoms with van der Waals surface area (Å²) in [5, 5.41) is 30.4. The van der Waals surface area contributed by atoms with Gasteiger partial charge >= 0.3 is 25.8 Å². The van der Waals surface area contributed by atoms with Crippen LogP contribution in [0.3, 0.4) is 0 Å².